The molecule has 1 unspecified atom stereocenters. The Hall–Kier alpha value is -1.14. The van der Waals surface area contributed by atoms with Crippen molar-refractivity contribution in [3.05, 3.63) is 0 Å². The smallest absolute Gasteiger partial charge is 0.327 e. The van der Waals surface area contributed by atoms with Gasteiger partial charge in [-0.1, -0.05) is 0 Å². The van der Waals surface area contributed by atoms with E-state index in [-0.39, 0.29) is 24.0 Å². The molecule has 6 heteroatoms. The van der Waals surface area contributed by atoms with Crippen molar-refractivity contribution in [1.29, 1.82) is 0 Å². The maximum Gasteiger partial charge on any atom is 0.327 e. The summed E-state index contributed by atoms with van der Waals surface area (Å²) in [5.74, 6) is -0.413. The maximum absolute atomic E-state index is 12.6. The van der Waals surface area contributed by atoms with Gasteiger partial charge in [-0.2, -0.15) is 0 Å². The summed E-state index contributed by atoms with van der Waals surface area (Å²) >= 11 is 0. The van der Waals surface area contributed by atoms with Crippen LogP contribution in [0.3, 0.4) is 0 Å². The Balaban J connectivity index is 1.47. The van der Waals surface area contributed by atoms with Crippen LogP contribution in [-0.4, -0.2) is 59.4 Å². The number of imide groups is 1. The first kappa shape index (κ1) is 13.5. The van der Waals surface area contributed by atoms with Crippen LogP contribution >= 0.6 is 0 Å². The molecular formula is C15H22N2O4. The second kappa shape index (κ2) is 4.95. The van der Waals surface area contributed by atoms with Crippen molar-refractivity contribution in [2.24, 2.45) is 0 Å². The lowest BCUT2D eigenvalue weighted by atomic mass is 9.89. The van der Waals surface area contributed by atoms with Crippen LogP contribution in [0.5, 0.6) is 0 Å². The third-order valence-corrected chi connectivity index (χ3v) is 5.37. The molecule has 6 nitrogen and oxygen atoms in total. The molecule has 4 aliphatic rings. The number of piperidine rings is 1. The molecular weight excluding hydrogens is 272 g/mol. The second-order valence-corrected chi connectivity index (χ2v) is 6.53. The number of nitrogens with zero attached hydrogens (tertiary/aromatic N) is 2. The van der Waals surface area contributed by atoms with Crippen LogP contribution in [0, 0.1) is 0 Å². The molecule has 0 aromatic heterocycles. The van der Waals surface area contributed by atoms with Gasteiger partial charge in [0.15, 0.2) is 5.79 Å². The molecule has 3 saturated heterocycles. The normalized spacial score (nSPS) is 33.0. The lowest BCUT2D eigenvalue weighted by molar-refractivity contribution is -0.183. The lowest BCUT2D eigenvalue weighted by Crippen LogP contribution is -2.47. The van der Waals surface area contributed by atoms with Gasteiger partial charge in [0, 0.05) is 25.4 Å². The monoisotopic (exact) mass is 294 g/mol. The van der Waals surface area contributed by atoms with Crippen molar-refractivity contribution in [2.45, 2.75) is 62.8 Å². The van der Waals surface area contributed by atoms with Crippen LogP contribution in [0.25, 0.3) is 0 Å². The van der Waals surface area contributed by atoms with E-state index in [0.717, 1.165) is 51.5 Å². The van der Waals surface area contributed by atoms with Crippen molar-refractivity contribution in [2.75, 3.05) is 19.8 Å². The highest BCUT2D eigenvalue weighted by Gasteiger charge is 2.51. The van der Waals surface area contributed by atoms with E-state index in [4.69, 9.17) is 9.47 Å². The van der Waals surface area contributed by atoms with E-state index >= 15 is 0 Å². The molecule has 0 N–H and O–H groups in total. The number of ether oxygens (including phenoxy) is 2. The van der Waals surface area contributed by atoms with Gasteiger partial charge >= 0.3 is 6.03 Å². The molecule has 4 fully saturated rings. The second-order valence-electron chi connectivity index (χ2n) is 6.53. The summed E-state index contributed by atoms with van der Waals surface area (Å²) < 4.78 is 11.4. The van der Waals surface area contributed by atoms with E-state index in [1.807, 2.05) is 0 Å². The van der Waals surface area contributed by atoms with Crippen molar-refractivity contribution in [1.82, 2.24) is 9.80 Å². The van der Waals surface area contributed by atoms with Gasteiger partial charge in [0.1, 0.15) is 6.04 Å². The summed E-state index contributed by atoms with van der Waals surface area (Å²) in [6.45, 7) is 2.04. The Morgan fingerprint density at radius 3 is 2.38 bits per heavy atom. The van der Waals surface area contributed by atoms with Crippen LogP contribution in [0.1, 0.15) is 44.9 Å². The van der Waals surface area contributed by atoms with Gasteiger partial charge in [-0.05, 0) is 32.1 Å². The summed E-state index contributed by atoms with van der Waals surface area (Å²) in [6.07, 6.45) is 6.02. The summed E-state index contributed by atoms with van der Waals surface area (Å²) in [7, 11) is 0. The van der Waals surface area contributed by atoms with Crippen LogP contribution in [0.4, 0.5) is 4.79 Å². The molecule has 1 aliphatic carbocycles. The molecule has 0 aromatic rings. The SMILES string of the molecule is O=C1C2CCCCN2C(=O)N1C1CCC2(CC1)OCCO2. The molecule has 3 aliphatic heterocycles. The Labute approximate surface area is 124 Å². The van der Waals surface area contributed by atoms with E-state index in [9.17, 15) is 9.59 Å². The molecule has 3 heterocycles. The van der Waals surface area contributed by atoms with Gasteiger partial charge in [-0.3, -0.25) is 9.69 Å². The average Bonchev–Trinajstić information content (AvgIpc) is 3.06. The Morgan fingerprint density at radius 1 is 1.00 bits per heavy atom. The van der Waals surface area contributed by atoms with Gasteiger partial charge in [-0.25, -0.2) is 4.79 Å². The first-order chi connectivity index (χ1) is 10.2. The van der Waals surface area contributed by atoms with E-state index in [2.05, 4.69) is 0 Å². The van der Waals surface area contributed by atoms with Gasteiger partial charge in [-0.15, -0.1) is 0 Å². The number of rotatable bonds is 1. The molecule has 4 rings (SSSR count). The fraction of sp³-hybridized carbons (Fsp3) is 0.867. The molecule has 1 atom stereocenters. The van der Waals surface area contributed by atoms with Crippen LogP contribution in [0.15, 0.2) is 0 Å². The van der Waals surface area contributed by atoms with Crippen LogP contribution in [-0.2, 0) is 14.3 Å². The summed E-state index contributed by atoms with van der Waals surface area (Å²) in [4.78, 5) is 28.4. The highest BCUT2D eigenvalue weighted by molar-refractivity contribution is 6.04. The van der Waals surface area contributed by atoms with Crippen molar-refractivity contribution in [3.63, 3.8) is 0 Å². The number of hydrogen-bond donors (Lipinski definition) is 0. The van der Waals surface area contributed by atoms with Crippen molar-refractivity contribution >= 4 is 11.9 Å². The number of fused-ring (bicyclic) bond motifs is 1. The fourth-order valence-corrected chi connectivity index (χ4v) is 4.23. The van der Waals surface area contributed by atoms with Crippen molar-refractivity contribution < 1.29 is 19.1 Å². The Morgan fingerprint density at radius 2 is 1.71 bits per heavy atom. The zero-order chi connectivity index (χ0) is 14.4. The topological polar surface area (TPSA) is 59.1 Å². The maximum atomic E-state index is 12.6. The number of carbonyl (C=O) groups excluding carboxylic acids is 2. The molecule has 1 saturated carbocycles. The minimum Gasteiger partial charge on any atom is -0.348 e. The van der Waals surface area contributed by atoms with Gasteiger partial charge < -0.3 is 14.4 Å². The zero-order valence-corrected chi connectivity index (χ0v) is 12.3. The van der Waals surface area contributed by atoms with E-state index in [0.29, 0.717) is 13.2 Å². The predicted octanol–water partition coefficient (Wildman–Crippen LogP) is 1.49. The third kappa shape index (κ3) is 2.07. The standard InChI is InChI=1S/C15H22N2O4/c18-13-12-3-1-2-8-16(12)14(19)17(13)11-4-6-15(7-5-11)20-9-10-21-15/h11-12H,1-10H2. The summed E-state index contributed by atoms with van der Waals surface area (Å²) in [5, 5.41) is 0. The van der Waals surface area contributed by atoms with E-state index in [1.54, 1.807) is 4.90 Å². The van der Waals surface area contributed by atoms with Gasteiger partial charge in [0.2, 0.25) is 0 Å². The molecule has 3 amide bonds. The van der Waals surface area contributed by atoms with Gasteiger partial charge in [0.05, 0.1) is 13.2 Å². The Kier molecular flexibility index (Phi) is 3.19. The molecule has 0 aromatic carbocycles. The average molecular weight is 294 g/mol. The Bertz CT molecular complexity index is 427. The lowest BCUT2D eigenvalue weighted by Gasteiger charge is -2.38. The minimum absolute atomic E-state index is 0.0221. The number of hydrogen-bond acceptors (Lipinski definition) is 4. The summed E-state index contributed by atoms with van der Waals surface area (Å²) in [5.41, 5.74) is 0. The molecule has 0 radical (unpaired) electrons. The number of urea groups is 1. The van der Waals surface area contributed by atoms with Gasteiger partial charge in [0.25, 0.3) is 5.91 Å². The zero-order valence-electron chi connectivity index (χ0n) is 12.3. The minimum atomic E-state index is -0.435. The van der Waals surface area contributed by atoms with Crippen LogP contribution in [0.2, 0.25) is 0 Å². The highest BCUT2D eigenvalue weighted by Crippen LogP contribution is 2.39. The molecule has 21 heavy (non-hydrogen) atoms. The number of amides is 3. The first-order valence-electron chi connectivity index (χ1n) is 8.12. The predicted molar refractivity (Wildman–Crippen MR) is 73.5 cm³/mol. The molecule has 0 bridgehead atoms. The van der Waals surface area contributed by atoms with Crippen LogP contribution < -0.4 is 0 Å². The third-order valence-electron chi connectivity index (χ3n) is 5.37. The molecule has 116 valence electrons. The quantitative estimate of drug-likeness (QED) is 0.688. The van der Waals surface area contributed by atoms with Crippen molar-refractivity contribution in [3.8, 4) is 0 Å². The highest BCUT2D eigenvalue weighted by atomic mass is 16.7. The molecule has 1 spiro atoms. The number of carbonyl (C=O) groups is 2. The largest absolute Gasteiger partial charge is 0.348 e. The first-order valence-corrected chi connectivity index (χ1v) is 8.12. The van der Waals surface area contributed by atoms with E-state index < -0.39 is 5.79 Å². The summed E-state index contributed by atoms with van der Waals surface area (Å²) in [6, 6.07) is -0.242. The fourth-order valence-electron chi connectivity index (χ4n) is 4.23. The van der Waals surface area contributed by atoms with E-state index in [1.165, 1.54) is 4.90 Å².